The van der Waals surface area contributed by atoms with Gasteiger partial charge in [-0.25, -0.2) is 19.4 Å². The van der Waals surface area contributed by atoms with Gasteiger partial charge in [0.1, 0.15) is 6.54 Å². The van der Waals surface area contributed by atoms with Crippen molar-refractivity contribution < 1.29 is 37.9 Å². The fourth-order valence-electron chi connectivity index (χ4n) is 4.64. The number of carbonyl (C=O) groups is 4. The Hall–Kier alpha value is -4.55. The predicted octanol–water partition coefficient (Wildman–Crippen LogP) is 2.96. The van der Waals surface area contributed by atoms with E-state index in [1.54, 1.807) is 24.3 Å². The van der Waals surface area contributed by atoms with Crippen LogP contribution in [0.15, 0.2) is 77.7 Å². The molecule has 2 aliphatic heterocycles. The number of rotatable bonds is 9. The molecule has 1 unspecified atom stereocenters. The van der Waals surface area contributed by atoms with Crippen molar-refractivity contribution in [1.29, 1.82) is 0 Å². The summed E-state index contributed by atoms with van der Waals surface area (Å²) in [5.74, 6) is -1.60. The summed E-state index contributed by atoms with van der Waals surface area (Å²) in [5.41, 5.74) is 1.63. The van der Waals surface area contributed by atoms with Crippen LogP contribution in [0.25, 0.3) is 0 Å². The highest BCUT2D eigenvalue weighted by Gasteiger charge is 2.64. The molecule has 11 nitrogen and oxygen atoms in total. The van der Waals surface area contributed by atoms with Gasteiger partial charge in [0, 0.05) is 18.2 Å². The Morgan fingerprint density at radius 3 is 2.41 bits per heavy atom. The Morgan fingerprint density at radius 1 is 1.08 bits per heavy atom. The molecule has 0 radical (unpaired) electrons. The fraction of sp³-hybridized carbons (Fsp3) is 0.222. The van der Waals surface area contributed by atoms with E-state index in [9.17, 15) is 19.2 Å². The SMILES string of the molecule is COC(=O)c1csc(NC(=O)[C@H](Cc2ccccc2)[N+]2(C3=C(Cc4ccccc4)OCO3)C(=O)CNC2=O)n1. The molecule has 0 aliphatic carbocycles. The molecule has 3 heterocycles. The number of esters is 1. The van der Waals surface area contributed by atoms with Crippen molar-refractivity contribution in [3.8, 4) is 0 Å². The summed E-state index contributed by atoms with van der Waals surface area (Å²) in [7, 11) is 1.23. The molecule has 1 fully saturated rings. The predicted molar refractivity (Wildman–Crippen MR) is 139 cm³/mol. The third-order valence-electron chi connectivity index (χ3n) is 6.47. The largest absolute Gasteiger partial charge is 0.464 e. The first kappa shape index (κ1) is 26.1. The molecule has 0 saturated carbocycles. The number of allylic oxidation sites excluding steroid dienone is 1. The summed E-state index contributed by atoms with van der Waals surface area (Å²) < 4.78 is 15.2. The van der Waals surface area contributed by atoms with Gasteiger partial charge in [-0.1, -0.05) is 65.1 Å². The lowest BCUT2D eigenvalue weighted by atomic mass is 10.0. The number of methoxy groups -OCH3 is 1. The van der Waals surface area contributed by atoms with Crippen LogP contribution in [0.3, 0.4) is 0 Å². The van der Waals surface area contributed by atoms with Crippen LogP contribution in [0.2, 0.25) is 0 Å². The number of imide groups is 1. The summed E-state index contributed by atoms with van der Waals surface area (Å²) in [5, 5.41) is 6.84. The van der Waals surface area contributed by atoms with Crippen LogP contribution >= 0.6 is 11.3 Å². The van der Waals surface area contributed by atoms with E-state index in [0.717, 1.165) is 22.5 Å². The summed E-state index contributed by atoms with van der Waals surface area (Å²) >= 11 is 1.02. The summed E-state index contributed by atoms with van der Waals surface area (Å²) in [6.45, 7) is -0.487. The first-order valence-corrected chi connectivity index (χ1v) is 12.9. The number of thiazole rings is 1. The average Bonchev–Trinajstić information content (AvgIpc) is 3.68. The highest BCUT2D eigenvalue weighted by atomic mass is 32.1. The Labute approximate surface area is 227 Å². The number of quaternary nitrogens is 1. The highest BCUT2D eigenvalue weighted by molar-refractivity contribution is 7.14. The van der Waals surface area contributed by atoms with Crippen LogP contribution in [0, 0.1) is 0 Å². The van der Waals surface area contributed by atoms with Crippen LogP contribution < -0.4 is 10.6 Å². The minimum absolute atomic E-state index is 0.0204. The molecule has 0 bridgehead atoms. The maximum absolute atomic E-state index is 13.9. The lowest BCUT2D eigenvalue weighted by Gasteiger charge is -2.33. The highest BCUT2D eigenvalue weighted by Crippen LogP contribution is 2.37. The molecule has 2 aromatic carbocycles. The molecule has 39 heavy (non-hydrogen) atoms. The molecule has 2 atom stereocenters. The van der Waals surface area contributed by atoms with Gasteiger partial charge in [-0.15, -0.1) is 11.3 Å². The van der Waals surface area contributed by atoms with E-state index >= 15 is 0 Å². The second-order valence-corrected chi connectivity index (χ2v) is 9.65. The Morgan fingerprint density at radius 2 is 1.77 bits per heavy atom. The fourth-order valence-corrected chi connectivity index (χ4v) is 5.33. The molecule has 1 aromatic heterocycles. The molecular weight excluding hydrogens is 524 g/mol. The van der Waals surface area contributed by atoms with Crippen LogP contribution in [-0.4, -0.2) is 59.8 Å². The van der Waals surface area contributed by atoms with Gasteiger partial charge in [-0.05, 0) is 11.1 Å². The van der Waals surface area contributed by atoms with Crippen molar-refractivity contribution in [1.82, 2.24) is 10.3 Å². The average molecular weight is 550 g/mol. The van der Waals surface area contributed by atoms with Gasteiger partial charge < -0.3 is 14.2 Å². The van der Waals surface area contributed by atoms with Crippen LogP contribution in [0.4, 0.5) is 9.93 Å². The molecule has 4 amide bonds. The second kappa shape index (κ2) is 11.1. The maximum Gasteiger partial charge on any atom is 0.433 e. The number of carbonyl (C=O) groups excluding carboxylic acids is 4. The standard InChI is InChI=1S/C27H24N4O7S/c1-36-25(34)19-15-39-26(29-19)30-23(33)20(12-17-8-4-2-5-9-17)31(22(32)14-28-27(31)35)24-21(37-16-38-24)13-18-10-6-3-7-11-18/h2-11,15,20H,12-14,16H2,1H3,(H-,28,29,30,33,35)/p+1/t20-,31?/m0/s1. The van der Waals surface area contributed by atoms with Gasteiger partial charge in [-0.2, -0.15) is 0 Å². The molecule has 1 saturated heterocycles. The van der Waals surface area contributed by atoms with E-state index in [0.29, 0.717) is 5.76 Å². The number of urea groups is 1. The quantitative estimate of drug-likeness (QED) is 0.237. The molecule has 12 heteroatoms. The molecule has 200 valence electrons. The lowest BCUT2D eigenvalue weighted by Crippen LogP contribution is -2.64. The molecule has 3 aromatic rings. The van der Waals surface area contributed by atoms with Crippen LogP contribution in [0.5, 0.6) is 0 Å². The van der Waals surface area contributed by atoms with E-state index < -0.39 is 34.3 Å². The lowest BCUT2D eigenvalue weighted by molar-refractivity contribution is -0.763. The Bertz CT molecular complexity index is 1420. The third kappa shape index (κ3) is 4.99. The van der Waals surface area contributed by atoms with Gasteiger partial charge in [0.15, 0.2) is 16.9 Å². The number of amides is 4. The zero-order chi connectivity index (χ0) is 27.4. The monoisotopic (exact) mass is 549 g/mol. The van der Waals surface area contributed by atoms with Crippen molar-refractivity contribution in [3.05, 3.63) is 94.5 Å². The van der Waals surface area contributed by atoms with Gasteiger partial charge in [-0.3, -0.25) is 15.4 Å². The van der Waals surface area contributed by atoms with Crippen LogP contribution in [0.1, 0.15) is 21.6 Å². The molecule has 0 spiro atoms. The van der Waals surface area contributed by atoms with E-state index in [-0.39, 0.29) is 42.9 Å². The number of anilines is 1. The summed E-state index contributed by atoms with van der Waals surface area (Å²) in [6.07, 6.45) is 0.276. The first-order chi connectivity index (χ1) is 18.9. The minimum Gasteiger partial charge on any atom is -0.464 e. The van der Waals surface area contributed by atoms with Crippen LogP contribution in [-0.2, 0) is 36.6 Å². The Kier molecular flexibility index (Phi) is 7.39. The van der Waals surface area contributed by atoms with E-state index in [1.165, 1.54) is 12.5 Å². The van der Waals surface area contributed by atoms with E-state index in [4.69, 9.17) is 9.47 Å². The van der Waals surface area contributed by atoms with Gasteiger partial charge in [0.25, 0.3) is 5.91 Å². The molecule has 2 aliphatic rings. The van der Waals surface area contributed by atoms with Crippen molar-refractivity contribution in [2.24, 2.45) is 0 Å². The van der Waals surface area contributed by atoms with E-state index in [2.05, 4.69) is 20.4 Å². The molecule has 5 rings (SSSR count). The van der Waals surface area contributed by atoms with Crippen molar-refractivity contribution in [2.75, 3.05) is 25.8 Å². The zero-order valence-electron chi connectivity index (χ0n) is 20.9. The van der Waals surface area contributed by atoms with Gasteiger partial charge in [0.05, 0.1) is 7.11 Å². The number of hydrogen-bond acceptors (Lipinski definition) is 9. The second-order valence-electron chi connectivity index (χ2n) is 8.80. The third-order valence-corrected chi connectivity index (χ3v) is 7.23. The number of hydrogen-bond donors (Lipinski definition) is 2. The van der Waals surface area contributed by atoms with Crippen molar-refractivity contribution in [3.63, 3.8) is 0 Å². The minimum atomic E-state index is -1.28. The number of ether oxygens (including phenoxy) is 3. The summed E-state index contributed by atoms with van der Waals surface area (Å²) in [4.78, 5) is 57.2. The number of benzene rings is 2. The number of nitrogens with zero attached hydrogens (tertiary/aromatic N) is 2. The van der Waals surface area contributed by atoms with Gasteiger partial charge >= 0.3 is 23.8 Å². The Balaban J connectivity index is 1.59. The van der Waals surface area contributed by atoms with E-state index in [1.807, 2.05) is 36.4 Å². The summed E-state index contributed by atoms with van der Waals surface area (Å²) in [6, 6.07) is 16.5. The first-order valence-electron chi connectivity index (χ1n) is 12.1. The number of aromatic nitrogens is 1. The number of nitrogens with one attached hydrogen (secondary N) is 2. The zero-order valence-corrected chi connectivity index (χ0v) is 21.7. The molecule has 2 N–H and O–H groups in total. The smallest absolute Gasteiger partial charge is 0.433 e. The van der Waals surface area contributed by atoms with Gasteiger partial charge in [0.2, 0.25) is 12.6 Å². The van der Waals surface area contributed by atoms with Crippen molar-refractivity contribution >= 4 is 40.3 Å². The normalized spacial score (nSPS) is 19.2. The van der Waals surface area contributed by atoms with Crippen molar-refractivity contribution in [2.45, 2.75) is 18.9 Å². The maximum atomic E-state index is 13.9. The molecular formula is C27H25N4O7S+. The topological polar surface area (TPSA) is 133 Å².